The number of nitrogens with two attached hydrogens (primary N) is 1. The molecule has 0 radical (unpaired) electrons. The van der Waals surface area contributed by atoms with E-state index >= 15 is 0 Å². The number of para-hydroxylation sites is 1. The molecule has 2 aromatic carbocycles. The number of rotatable bonds is 3. The van der Waals surface area contributed by atoms with Gasteiger partial charge in [0.25, 0.3) is 0 Å². The van der Waals surface area contributed by atoms with Crippen LogP contribution in [0.2, 0.25) is 0 Å². The molecule has 3 rings (SSSR count). The maximum absolute atomic E-state index is 12.3. The zero-order chi connectivity index (χ0) is 14.1. The van der Waals surface area contributed by atoms with Gasteiger partial charge in [0, 0.05) is 11.3 Å². The summed E-state index contributed by atoms with van der Waals surface area (Å²) in [5.41, 5.74) is 8.77. The summed E-state index contributed by atoms with van der Waals surface area (Å²) in [6.07, 6.45) is 0. The Labute approximate surface area is 117 Å². The summed E-state index contributed by atoms with van der Waals surface area (Å²) in [6.45, 7) is 0.501. The lowest BCUT2D eigenvalue weighted by Gasteiger charge is -2.18. The first-order valence-electron chi connectivity index (χ1n) is 6.49. The predicted molar refractivity (Wildman–Crippen MR) is 77.6 cm³/mol. The molecule has 1 aliphatic rings. The van der Waals surface area contributed by atoms with Crippen molar-refractivity contribution in [2.24, 2.45) is 5.73 Å². The first-order valence-corrected chi connectivity index (χ1v) is 6.49. The highest BCUT2D eigenvalue weighted by molar-refractivity contribution is 6.04. The highest BCUT2D eigenvalue weighted by Gasteiger charge is 2.34. The maximum Gasteiger partial charge on any atom is 0.248 e. The number of amides is 1. The van der Waals surface area contributed by atoms with Crippen LogP contribution in [0, 0.1) is 0 Å². The standard InChI is InChI=1S/C16H16N2O2/c1-20-12-6-4-5-11(9-12)10-18-14-8-3-2-7-13(14)15(17)16(18)19/h2-9,15H,10,17H2,1H3. The minimum atomic E-state index is -0.559. The van der Waals surface area contributed by atoms with Gasteiger partial charge in [0.2, 0.25) is 5.91 Å². The minimum absolute atomic E-state index is 0.0611. The second-order valence-corrected chi connectivity index (χ2v) is 4.81. The SMILES string of the molecule is COc1cccc(CN2C(=O)C(N)c3ccccc32)c1. The molecule has 0 aromatic heterocycles. The smallest absolute Gasteiger partial charge is 0.248 e. The summed E-state index contributed by atoms with van der Waals surface area (Å²) < 4.78 is 5.21. The molecular weight excluding hydrogens is 252 g/mol. The van der Waals surface area contributed by atoms with Crippen LogP contribution in [0.1, 0.15) is 17.2 Å². The van der Waals surface area contributed by atoms with E-state index in [-0.39, 0.29) is 5.91 Å². The van der Waals surface area contributed by atoms with Gasteiger partial charge in [-0.3, -0.25) is 4.79 Å². The number of carbonyl (C=O) groups is 1. The van der Waals surface area contributed by atoms with Crippen molar-refractivity contribution in [1.29, 1.82) is 0 Å². The van der Waals surface area contributed by atoms with Crippen molar-refractivity contribution in [3.8, 4) is 5.75 Å². The topological polar surface area (TPSA) is 55.6 Å². The van der Waals surface area contributed by atoms with Gasteiger partial charge in [0.1, 0.15) is 11.8 Å². The van der Waals surface area contributed by atoms with E-state index in [4.69, 9.17) is 10.5 Å². The van der Waals surface area contributed by atoms with Gasteiger partial charge in [-0.25, -0.2) is 0 Å². The normalized spacial score (nSPS) is 17.2. The summed E-state index contributed by atoms with van der Waals surface area (Å²) in [4.78, 5) is 14.0. The first-order chi connectivity index (χ1) is 9.70. The van der Waals surface area contributed by atoms with E-state index in [1.54, 1.807) is 12.0 Å². The van der Waals surface area contributed by atoms with Crippen LogP contribution >= 0.6 is 0 Å². The Morgan fingerprint density at radius 2 is 2.00 bits per heavy atom. The molecule has 1 aliphatic heterocycles. The zero-order valence-electron chi connectivity index (χ0n) is 11.2. The van der Waals surface area contributed by atoms with Crippen LogP contribution in [0.25, 0.3) is 0 Å². The van der Waals surface area contributed by atoms with Crippen molar-refractivity contribution in [3.63, 3.8) is 0 Å². The Hall–Kier alpha value is -2.33. The maximum atomic E-state index is 12.3. The zero-order valence-corrected chi connectivity index (χ0v) is 11.2. The molecule has 1 heterocycles. The fourth-order valence-electron chi connectivity index (χ4n) is 2.53. The van der Waals surface area contributed by atoms with Gasteiger partial charge < -0.3 is 15.4 Å². The molecule has 1 unspecified atom stereocenters. The number of ether oxygens (including phenoxy) is 1. The number of methoxy groups -OCH3 is 1. The van der Waals surface area contributed by atoms with Crippen molar-refractivity contribution in [2.75, 3.05) is 12.0 Å². The van der Waals surface area contributed by atoms with Gasteiger partial charge >= 0.3 is 0 Å². The van der Waals surface area contributed by atoms with Gasteiger partial charge in [0.05, 0.1) is 13.7 Å². The van der Waals surface area contributed by atoms with Crippen molar-refractivity contribution in [3.05, 3.63) is 59.7 Å². The molecule has 4 heteroatoms. The third kappa shape index (κ3) is 2.04. The van der Waals surface area contributed by atoms with Gasteiger partial charge in [-0.2, -0.15) is 0 Å². The summed E-state index contributed by atoms with van der Waals surface area (Å²) in [5.74, 6) is 0.723. The Bertz CT molecular complexity index is 654. The van der Waals surface area contributed by atoms with Gasteiger partial charge in [0.15, 0.2) is 0 Å². The van der Waals surface area contributed by atoms with Crippen LogP contribution in [0.3, 0.4) is 0 Å². The molecule has 2 N–H and O–H groups in total. The lowest BCUT2D eigenvalue weighted by atomic mass is 10.1. The largest absolute Gasteiger partial charge is 0.497 e. The molecule has 2 aromatic rings. The quantitative estimate of drug-likeness (QED) is 0.928. The molecule has 0 aliphatic carbocycles. The fourth-order valence-corrected chi connectivity index (χ4v) is 2.53. The molecule has 0 spiro atoms. The van der Waals surface area contributed by atoms with E-state index in [2.05, 4.69) is 0 Å². The Morgan fingerprint density at radius 1 is 1.20 bits per heavy atom. The van der Waals surface area contributed by atoms with E-state index in [9.17, 15) is 4.79 Å². The molecule has 0 saturated carbocycles. The van der Waals surface area contributed by atoms with Crippen LogP contribution in [0.4, 0.5) is 5.69 Å². The summed E-state index contributed by atoms with van der Waals surface area (Å²) in [7, 11) is 1.63. The van der Waals surface area contributed by atoms with Crippen LogP contribution in [-0.2, 0) is 11.3 Å². The number of fused-ring (bicyclic) bond motifs is 1. The minimum Gasteiger partial charge on any atom is -0.497 e. The number of carbonyl (C=O) groups excluding carboxylic acids is 1. The van der Waals surface area contributed by atoms with Crippen LogP contribution in [0.15, 0.2) is 48.5 Å². The molecule has 1 amide bonds. The molecule has 20 heavy (non-hydrogen) atoms. The third-order valence-electron chi connectivity index (χ3n) is 3.57. The third-order valence-corrected chi connectivity index (χ3v) is 3.57. The van der Waals surface area contributed by atoms with Crippen LogP contribution in [0.5, 0.6) is 5.75 Å². The molecular formula is C16H16N2O2. The second kappa shape index (κ2) is 4.98. The fraction of sp³-hybridized carbons (Fsp3) is 0.188. The van der Waals surface area contributed by atoms with Gasteiger partial charge in [-0.15, -0.1) is 0 Å². The number of benzene rings is 2. The number of anilines is 1. The Morgan fingerprint density at radius 3 is 2.80 bits per heavy atom. The van der Waals surface area contributed by atoms with Crippen molar-refractivity contribution < 1.29 is 9.53 Å². The van der Waals surface area contributed by atoms with E-state index in [1.807, 2.05) is 48.5 Å². The molecule has 1 atom stereocenters. The van der Waals surface area contributed by atoms with E-state index in [0.29, 0.717) is 6.54 Å². The molecule has 102 valence electrons. The van der Waals surface area contributed by atoms with Gasteiger partial charge in [-0.1, -0.05) is 30.3 Å². The predicted octanol–water partition coefficient (Wildman–Crippen LogP) is 2.24. The molecule has 0 bridgehead atoms. The van der Waals surface area contributed by atoms with Gasteiger partial charge in [-0.05, 0) is 23.8 Å². The first kappa shape index (κ1) is 12.7. The monoisotopic (exact) mass is 268 g/mol. The van der Waals surface area contributed by atoms with Crippen LogP contribution in [-0.4, -0.2) is 13.0 Å². The summed E-state index contributed by atoms with van der Waals surface area (Å²) in [5, 5.41) is 0. The van der Waals surface area contributed by atoms with E-state index in [0.717, 1.165) is 22.6 Å². The lowest BCUT2D eigenvalue weighted by molar-refractivity contribution is -0.119. The average molecular weight is 268 g/mol. The Kier molecular flexibility index (Phi) is 3.16. The van der Waals surface area contributed by atoms with Crippen molar-refractivity contribution in [2.45, 2.75) is 12.6 Å². The van der Waals surface area contributed by atoms with Crippen LogP contribution < -0.4 is 15.4 Å². The van der Waals surface area contributed by atoms with E-state index in [1.165, 1.54) is 0 Å². The van der Waals surface area contributed by atoms with Crippen molar-refractivity contribution in [1.82, 2.24) is 0 Å². The average Bonchev–Trinajstić information content (AvgIpc) is 2.73. The number of hydrogen-bond acceptors (Lipinski definition) is 3. The Balaban J connectivity index is 1.93. The molecule has 4 nitrogen and oxygen atoms in total. The lowest BCUT2D eigenvalue weighted by Crippen LogP contribution is -2.31. The molecule has 0 saturated heterocycles. The second-order valence-electron chi connectivity index (χ2n) is 4.81. The summed E-state index contributed by atoms with van der Waals surface area (Å²) >= 11 is 0. The summed E-state index contributed by atoms with van der Waals surface area (Å²) in [6, 6.07) is 14.8. The van der Waals surface area contributed by atoms with E-state index < -0.39 is 6.04 Å². The number of hydrogen-bond donors (Lipinski definition) is 1. The van der Waals surface area contributed by atoms with Crippen molar-refractivity contribution >= 4 is 11.6 Å². The number of nitrogens with zero attached hydrogens (tertiary/aromatic N) is 1. The highest BCUT2D eigenvalue weighted by atomic mass is 16.5. The highest BCUT2D eigenvalue weighted by Crippen LogP contribution is 2.35. The molecule has 0 fully saturated rings.